The molecular weight excluding hydrogens is 348 g/mol. The minimum atomic E-state index is -0.0887. The van der Waals surface area contributed by atoms with Gasteiger partial charge in [0.15, 0.2) is 0 Å². The Hall–Kier alpha value is -1.46. The average molecular weight is 365 g/mol. The monoisotopic (exact) mass is 364 g/mol. The van der Waals surface area contributed by atoms with E-state index in [1.807, 2.05) is 25.1 Å². The van der Waals surface area contributed by atoms with Crippen LogP contribution in [0.5, 0.6) is 0 Å². The van der Waals surface area contributed by atoms with Crippen molar-refractivity contribution in [2.24, 2.45) is 0 Å². The van der Waals surface area contributed by atoms with Gasteiger partial charge in [0.25, 0.3) is 5.91 Å². The smallest absolute Gasteiger partial charge is 0.251 e. The van der Waals surface area contributed by atoms with Gasteiger partial charge >= 0.3 is 0 Å². The number of nitrogen functional groups attached to an aromatic ring is 1. The molecule has 0 aromatic heterocycles. The number of rotatable bonds is 5. The molecule has 0 bridgehead atoms. The third-order valence-corrected chi connectivity index (χ3v) is 4.53. The van der Waals surface area contributed by atoms with E-state index in [1.54, 1.807) is 23.9 Å². The molecule has 3 nitrogen and oxygen atoms in total. The Kier molecular flexibility index (Phi) is 5.70. The Labute approximate surface area is 137 Å². The standard InChI is InChI=1S/C16H17BrN2OS/c1-11-14(9-12(17)10-15(11)18)16(20)19-7-8-21-13-5-3-2-4-6-13/h2-6,9-10H,7-8,18H2,1H3,(H,19,20). The van der Waals surface area contributed by atoms with Gasteiger partial charge in [0.1, 0.15) is 0 Å². The van der Waals surface area contributed by atoms with E-state index in [1.165, 1.54) is 4.90 Å². The zero-order valence-electron chi connectivity index (χ0n) is 11.7. The quantitative estimate of drug-likeness (QED) is 0.481. The summed E-state index contributed by atoms with van der Waals surface area (Å²) in [6, 6.07) is 13.7. The maximum absolute atomic E-state index is 12.2. The highest BCUT2D eigenvalue weighted by Gasteiger charge is 2.11. The molecule has 0 fully saturated rings. The fourth-order valence-corrected chi connectivity index (χ4v) is 3.15. The van der Waals surface area contributed by atoms with Crippen LogP contribution in [0.3, 0.4) is 0 Å². The second-order valence-corrected chi connectivity index (χ2v) is 6.67. The molecule has 0 saturated carbocycles. The summed E-state index contributed by atoms with van der Waals surface area (Å²) < 4.78 is 0.814. The molecule has 0 spiro atoms. The molecule has 0 aliphatic carbocycles. The van der Waals surface area contributed by atoms with Gasteiger partial charge in [-0.05, 0) is 36.8 Å². The van der Waals surface area contributed by atoms with E-state index in [0.717, 1.165) is 15.8 Å². The normalized spacial score (nSPS) is 10.4. The summed E-state index contributed by atoms with van der Waals surface area (Å²) >= 11 is 5.08. The Morgan fingerprint density at radius 2 is 2.00 bits per heavy atom. The second kappa shape index (κ2) is 7.52. The van der Waals surface area contributed by atoms with Crippen LogP contribution < -0.4 is 11.1 Å². The van der Waals surface area contributed by atoms with Crippen LogP contribution in [0.1, 0.15) is 15.9 Å². The number of carbonyl (C=O) groups excluding carboxylic acids is 1. The van der Waals surface area contributed by atoms with Crippen molar-refractivity contribution in [2.75, 3.05) is 18.0 Å². The largest absolute Gasteiger partial charge is 0.398 e. The van der Waals surface area contributed by atoms with Crippen molar-refractivity contribution in [1.29, 1.82) is 0 Å². The highest BCUT2D eigenvalue weighted by molar-refractivity contribution is 9.10. The van der Waals surface area contributed by atoms with Crippen LogP contribution in [0.15, 0.2) is 51.8 Å². The number of hydrogen-bond donors (Lipinski definition) is 2. The van der Waals surface area contributed by atoms with E-state index in [0.29, 0.717) is 17.8 Å². The average Bonchev–Trinajstić information content (AvgIpc) is 2.48. The van der Waals surface area contributed by atoms with Crippen molar-refractivity contribution in [2.45, 2.75) is 11.8 Å². The summed E-state index contributed by atoms with van der Waals surface area (Å²) in [7, 11) is 0. The summed E-state index contributed by atoms with van der Waals surface area (Å²) in [5.41, 5.74) is 7.92. The summed E-state index contributed by atoms with van der Waals surface area (Å²) in [6.07, 6.45) is 0. The molecule has 3 N–H and O–H groups in total. The van der Waals surface area contributed by atoms with E-state index in [9.17, 15) is 4.79 Å². The number of halogens is 1. The van der Waals surface area contributed by atoms with Gasteiger partial charge in [0, 0.05) is 32.9 Å². The van der Waals surface area contributed by atoms with Crippen LogP contribution in [-0.4, -0.2) is 18.2 Å². The molecule has 2 aromatic carbocycles. The molecule has 0 aliphatic rings. The van der Waals surface area contributed by atoms with Gasteiger partial charge in [0.05, 0.1) is 0 Å². The molecule has 2 rings (SSSR count). The topological polar surface area (TPSA) is 55.1 Å². The highest BCUT2D eigenvalue weighted by Crippen LogP contribution is 2.22. The van der Waals surface area contributed by atoms with Gasteiger partial charge in [-0.2, -0.15) is 0 Å². The minimum absolute atomic E-state index is 0.0887. The van der Waals surface area contributed by atoms with Crippen molar-refractivity contribution in [3.63, 3.8) is 0 Å². The van der Waals surface area contributed by atoms with Crippen LogP contribution in [0.4, 0.5) is 5.69 Å². The summed E-state index contributed by atoms with van der Waals surface area (Å²) in [5, 5.41) is 2.93. The Balaban J connectivity index is 1.88. The van der Waals surface area contributed by atoms with Crippen molar-refractivity contribution in [3.05, 3.63) is 58.1 Å². The molecule has 2 aromatic rings. The van der Waals surface area contributed by atoms with Crippen molar-refractivity contribution < 1.29 is 4.79 Å². The molecule has 0 saturated heterocycles. The van der Waals surface area contributed by atoms with Gasteiger partial charge in [0.2, 0.25) is 0 Å². The van der Waals surface area contributed by atoms with Gasteiger partial charge in [-0.15, -0.1) is 11.8 Å². The first kappa shape index (κ1) is 15.9. The summed E-state index contributed by atoms with van der Waals surface area (Å²) in [6.45, 7) is 2.47. The van der Waals surface area contributed by atoms with Crippen molar-refractivity contribution in [3.8, 4) is 0 Å². The number of nitrogens with two attached hydrogens (primary N) is 1. The van der Waals surface area contributed by atoms with E-state index < -0.39 is 0 Å². The van der Waals surface area contributed by atoms with E-state index in [2.05, 4.69) is 33.4 Å². The molecule has 0 radical (unpaired) electrons. The SMILES string of the molecule is Cc1c(N)cc(Br)cc1C(=O)NCCSc1ccccc1. The number of benzene rings is 2. The van der Waals surface area contributed by atoms with Gasteiger partial charge in [-0.3, -0.25) is 4.79 Å². The lowest BCUT2D eigenvalue weighted by Gasteiger charge is -2.10. The first-order valence-electron chi connectivity index (χ1n) is 6.59. The van der Waals surface area contributed by atoms with E-state index in [4.69, 9.17) is 5.73 Å². The van der Waals surface area contributed by atoms with Crippen LogP contribution in [0.2, 0.25) is 0 Å². The van der Waals surface area contributed by atoms with Crippen LogP contribution in [-0.2, 0) is 0 Å². The number of amides is 1. The lowest BCUT2D eigenvalue weighted by Crippen LogP contribution is -2.26. The molecule has 110 valence electrons. The number of thioether (sulfide) groups is 1. The fraction of sp³-hybridized carbons (Fsp3) is 0.188. The number of anilines is 1. The van der Waals surface area contributed by atoms with Gasteiger partial charge in [-0.1, -0.05) is 34.1 Å². The zero-order valence-corrected chi connectivity index (χ0v) is 14.1. The predicted octanol–water partition coefficient (Wildman–Crippen LogP) is 3.86. The summed E-state index contributed by atoms with van der Waals surface area (Å²) in [4.78, 5) is 13.4. The third kappa shape index (κ3) is 4.51. The fourth-order valence-electron chi connectivity index (χ4n) is 1.88. The van der Waals surface area contributed by atoms with Gasteiger partial charge < -0.3 is 11.1 Å². The van der Waals surface area contributed by atoms with Gasteiger partial charge in [-0.25, -0.2) is 0 Å². The molecule has 0 heterocycles. The lowest BCUT2D eigenvalue weighted by molar-refractivity contribution is 0.0955. The van der Waals surface area contributed by atoms with Crippen LogP contribution in [0, 0.1) is 6.92 Å². The molecule has 1 amide bonds. The molecule has 0 atom stereocenters. The maximum atomic E-state index is 12.2. The molecule has 0 unspecified atom stereocenters. The van der Waals surface area contributed by atoms with Crippen LogP contribution >= 0.6 is 27.7 Å². The third-order valence-electron chi connectivity index (χ3n) is 3.06. The first-order chi connectivity index (χ1) is 10.1. The minimum Gasteiger partial charge on any atom is -0.398 e. The summed E-state index contributed by atoms with van der Waals surface area (Å²) in [5.74, 6) is 0.743. The van der Waals surface area contributed by atoms with E-state index >= 15 is 0 Å². The maximum Gasteiger partial charge on any atom is 0.251 e. The number of hydrogen-bond acceptors (Lipinski definition) is 3. The Morgan fingerprint density at radius 1 is 1.29 bits per heavy atom. The highest BCUT2D eigenvalue weighted by atomic mass is 79.9. The molecule has 21 heavy (non-hydrogen) atoms. The Bertz CT molecular complexity index is 632. The zero-order chi connectivity index (χ0) is 15.2. The number of nitrogens with one attached hydrogen (secondary N) is 1. The molecule has 0 aliphatic heterocycles. The lowest BCUT2D eigenvalue weighted by atomic mass is 10.1. The Morgan fingerprint density at radius 3 is 2.71 bits per heavy atom. The van der Waals surface area contributed by atoms with Crippen LogP contribution in [0.25, 0.3) is 0 Å². The van der Waals surface area contributed by atoms with E-state index in [-0.39, 0.29) is 5.91 Å². The molecular formula is C16H17BrN2OS. The van der Waals surface area contributed by atoms with Crippen molar-refractivity contribution >= 4 is 39.3 Å². The predicted molar refractivity (Wildman–Crippen MR) is 92.8 cm³/mol. The second-order valence-electron chi connectivity index (χ2n) is 4.58. The molecule has 5 heteroatoms. The van der Waals surface area contributed by atoms with Crippen molar-refractivity contribution in [1.82, 2.24) is 5.32 Å². The number of carbonyl (C=O) groups is 1. The first-order valence-corrected chi connectivity index (χ1v) is 8.37.